The second-order valence-electron chi connectivity index (χ2n) is 8.58. The molecule has 0 unspecified atom stereocenters. The first-order valence-corrected chi connectivity index (χ1v) is 12.3. The SMILES string of the molecule is CCc1c(Oc2ccc(Oc3cccc(N)c3)cc2)cccc1Oc1ccc(Oc2cccc(N)c2)cc1. The molecule has 5 aromatic rings. The van der Waals surface area contributed by atoms with Crippen LogP contribution >= 0.6 is 0 Å². The topological polar surface area (TPSA) is 89.0 Å². The molecule has 0 aromatic heterocycles. The molecule has 0 aliphatic rings. The molecule has 0 amide bonds. The van der Waals surface area contributed by atoms with Crippen LogP contribution in [0, 0.1) is 0 Å². The molecule has 6 heteroatoms. The molecule has 5 rings (SSSR count). The van der Waals surface area contributed by atoms with E-state index >= 15 is 0 Å². The number of anilines is 2. The maximum atomic E-state index is 6.21. The molecule has 0 saturated carbocycles. The summed E-state index contributed by atoms with van der Waals surface area (Å²) in [6.45, 7) is 2.07. The summed E-state index contributed by atoms with van der Waals surface area (Å²) >= 11 is 0. The third-order valence-electron chi connectivity index (χ3n) is 5.73. The molecule has 0 atom stereocenters. The lowest BCUT2D eigenvalue weighted by molar-refractivity contribution is 0.446. The van der Waals surface area contributed by atoms with Gasteiger partial charge in [0.15, 0.2) is 0 Å². The fourth-order valence-corrected chi connectivity index (χ4v) is 3.92. The van der Waals surface area contributed by atoms with Crippen LogP contribution in [0.4, 0.5) is 11.4 Å². The highest BCUT2D eigenvalue weighted by Gasteiger charge is 2.12. The van der Waals surface area contributed by atoms with Crippen molar-refractivity contribution in [2.75, 3.05) is 11.5 Å². The van der Waals surface area contributed by atoms with E-state index in [1.54, 1.807) is 12.1 Å². The Morgan fingerprint density at radius 3 is 1.18 bits per heavy atom. The average Bonchev–Trinajstić information content (AvgIpc) is 2.91. The number of benzene rings is 5. The van der Waals surface area contributed by atoms with E-state index in [2.05, 4.69) is 6.92 Å². The van der Waals surface area contributed by atoms with Crippen LogP contribution in [0.2, 0.25) is 0 Å². The van der Waals surface area contributed by atoms with E-state index in [4.69, 9.17) is 30.4 Å². The van der Waals surface area contributed by atoms with Gasteiger partial charge in [-0.1, -0.05) is 25.1 Å². The van der Waals surface area contributed by atoms with Crippen LogP contribution in [-0.2, 0) is 6.42 Å². The monoisotopic (exact) mass is 504 g/mol. The first kappa shape index (κ1) is 24.6. The van der Waals surface area contributed by atoms with Gasteiger partial charge >= 0.3 is 0 Å². The number of rotatable bonds is 9. The van der Waals surface area contributed by atoms with Crippen LogP contribution in [0.1, 0.15) is 12.5 Å². The zero-order chi connectivity index (χ0) is 26.3. The van der Waals surface area contributed by atoms with Crippen LogP contribution in [0.5, 0.6) is 46.0 Å². The van der Waals surface area contributed by atoms with Gasteiger partial charge in [0.2, 0.25) is 0 Å². The summed E-state index contributed by atoms with van der Waals surface area (Å²) in [5.41, 5.74) is 13.9. The molecular formula is C32H28N2O4. The summed E-state index contributed by atoms with van der Waals surface area (Å²) in [6, 6.07) is 35.3. The van der Waals surface area contributed by atoms with Crippen molar-refractivity contribution in [1.82, 2.24) is 0 Å². The molecule has 190 valence electrons. The number of hydrogen-bond acceptors (Lipinski definition) is 6. The van der Waals surface area contributed by atoms with Crippen molar-refractivity contribution in [2.24, 2.45) is 0 Å². The van der Waals surface area contributed by atoms with E-state index in [-0.39, 0.29) is 0 Å². The molecular weight excluding hydrogens is 476 g/mol. The number of nitrogens with two attached hydrogens (primary N) is 2. The summed E-state index contributed by atoms with van der Waals surface area (Å²) < 4.78 is 24.2. The molecule has 5 aromatic carbocycles. The first-order chi connectivity index (χ1) is 18.6. The quantitative estimate of drug-likeness (QED) is 0.195. The normalized spacial score (nSPS) is 10.6. The summed E-state index contributed by atoms with van der Waals surface area (Å²) in [5, 5.41) is 0. The van der Waals surface area contributed by atoms with Gasteiger partial charge in [-0.25, -0.2) is 0 Å². The molecule has 0 spiro atoms. The van der Waals surface area contributed by atoms with Crippen molar-refractivity contribution in [1.29, 1.82) is 0 Å². The summed E-state index contributed by atoms with van der Waals surface area (Å²) in [5.74, 6) is 5.60. The Morgan fingerprint density at radius 2 is 0.816 bits per heavy atom. The van der Waals surface area contributed by atoms with Crippen LogP contribution < -0.4 is 30.4 Å². The van der Waals surface area contributed by atoms with Gasteiger partial charge in [-0.2, -0.15) is 0 Å². The van der Waals surface area contributed by atoms with Crippen LogP contribution in [0.25, 0.3) is 0 Å². The molecule has 0 aliphatic heterocycles. The Labute approximate surface area is 222 Å². The van der Waals surface area contributed by atoms with E-state index < -0.39 is 0 Å². The minimum atomic E-state index is 0.652. The first-order valence-electron chi connectivity index (χ1n) is 12.3. The highest BCUT2D eigenvalue weighted by atomic mass is 16.5. The third kappa shape index (κ3) is 6.17. The minimum Gasteiger partial charge on any atom is -0.457 e. The zero-order valence-corrected chi connectivity index (χ0v) is 21.0. The lowest BCUT2D eigenvalue weighted by Gasteiger charge is -2.15. The predicted octanol–water partition coefficient (Wildman–Crippen LogP) is 8.58. The molecule has 0 saturated heterocycles. The van der Waals surface area contributed by atoms with Gasteiger partial charge < -0.3 is 30.4 Å². The van der Waals surface area contributed by atoms with Gasteiger partial charge in [-0.05, 0) is 91.3 Å². The highest BCUT2D eigenvalue weighted by molar-refractivity contribution is 5.50. The van der Waals surface area contributed by atoms with Crippen molar-refractivity contribution in [3.05, 3.63) is 121 Å². The lowest BCUT2D eigenvalue weighted by Crippen LogP contribution is -1.95. The van der Waals surface area contributed by atoms with Gasteiger partial charge in [0.05, 0.1) is 0 Å². The Bertz CT molecular complexity index is 1400. The average molecular weight is 505 g/mol. The van der Waals surface area contributed by atoms with Gasteiger partial charge in [-0.15, -0.1) is 0 Å². The Balaban J connectivity index is 1.26. The van der Waals surface area contributed by atoms with Gasteiger partial charge in [0.25, 0.3) is 0 Å². The molecule has 0 bridgehead atoms. The molecule has 6 nitrogen and oxygen atoms in total. The van der Waals surface area contributed by atoms with Crippen molar-refractivity contribution in [3.8, 4) is 46.0 Å². The van der Waals surface area contributed by atoms with E-state index in [9.17, 15) is 0 Å². The van der Waals surface area contributed by atoms with E-state index in [1.165, 1.54) is 0 Å². The molecule has 0 heterocycles. The molecule has 0 radical (unpaired) electrons. The molecule has 38 heavy (non-hydrogen) atoms. The maximum absolute atomic E-state index is 6.21. The number of hydrogen-bond donors (Lipinski definition) is 2. The minimum absolute atomic E-state index is 0.652. The zero-order valence-electron chi connectivity index (χ0n) is 21.0. The standard InChI is InChI=1S/C32H28N2O4/c1-2-30-31(37-26-16-12-24(13-17-26)35-28-8-3-6-22(33)20-28)10-5-11-32(30)38-27-18-14-25(15-19-27)36-29-9-4-7-23(34)21-29/h3-21H,2,33-34H2,1H3. The van der Waals surface area contributed by atoms with Crippen LogP contribution in [0.15, 0.2) is 115 Å². The molecule has 4 N–H and O–H groups in total. The fraction of sp³-hybridized carbons (Fsp3) is 0.0625. The smallest absolute Gasteiger partial charge is 0.134 e. The van der Waals surface area contributed by atoms with E-state index in [1.807, 2.05) is 103 Å². The van der Waals surface area contributed by atoms with Crippen molar-refractivity contribution < 1.29 is 18.9 Å². The third-order valence-corrected chi connectivity index (χ3v) is 5.73. The summed E-state index contributed by atoms with van der Waals surface area (Å²) in [6.07, 6.45) is 0.735. The summed E-state index contributed by atoms with van der Waals surface area (Å²) in [7, 11) is 0. The van der Waals surface area contributed by atoms with Gasteiger partial charge in [0.1, 0.15) is 46.0 Å². The predicted molar refractivity (Wildman–Crippen MR) is 151 cm³/mol. The number of ether oxygens (including phenoxy) is 4. The molecule has 0 fully saturated rings. The Hall–Kier alpha value is -5.10. The lowest BCUT2D eigenvalue weighted by atomic mass is 10.1. The Morgan fingerprint density at radius 1 is 0.447 bits per heavy atom. The van der Waals surface area contributed by atoms with Crippen molar-refractivity contribution in [3.63, 3.8) is 0 Å². The van der Waals surface area contributed by atoms with E-state index in [0.29, 0.717) is 45.9 Å². The fourth-order valence-electron chi connectivity index (χ4n) is 3.92. The highest BCUT2D eigenvalue weighted by Crippen LogP contribution is 2.36. The molecule has 0 aliphatic carbocycles. The van der Waals surface area contributed by atoms with Gasteiger partial charge in [-0.3, -0.25) is 0 Å². The van der Waals surface area contributed by atoms with Crippen molar-refractivity contribution in [2.45, 2.75) is 13.3 Å². The number of nitrogen functional groups attached to an aromatic ring is 2. The van der Waals surface area contributed by atoms with Crippen LogP contribution in [-0.4, -0.2) is 0 Å². The van der Waals surface area contributed by atoms with Gasteiger partial charge in [0, 0.05) is 29.1 Å². The second kappa shape index (κ2) is 11.3. The van der Waals surface area contributed by atoms with E-state index in [0.717, 1.165) is 23.5 Å². The van der Waals surface area contributed by atoms with Crippen LogP contribution in [0.3, 0.4) is 0 Å². The second-order valence-corrected chi connectivity index (χ2v) is 8.58. The largest absolute Gasteiger partial charge is 0.457 e. The van der Waals surface area contributed by atoms with Crippen molar-refractivity contribution >= 4 is 11.4 Å². The Kier molecular flexibility index (Phi) is 7.32. The maximum Gasteiger partial charge on any atom is 0.134 e. The summed E-state index contributed by atoms with van der Waals surface area (Å²) in [4.78, 5) is 0.